The van der Waals surface area contributed by atoms with Crippen molar-refractivity contribution in [3.05, 3.63) is 35.6 Å². The Hall–Kier alpha value is -0.930. The van der Waals surface area contributed by atoms with Crippen LogP contribution < -0.4 is 0 Å². The number of hydrogen-bond donors (Lipinski definition) is 0. The van der Waals surface area contributed by atoms with Crippen molar-refractivity contribution >= 4 is 0 Å². The monoisotopic (exact) mass is 262 g/mol. The molecule has 3 rings (SSSR count). The molecule has 0 N–H and O–H groups in total. The molecule has 0 saturated carbocycles. The Morgan fingerprint density at radius 2 is 2.16 bits per heavy atom. The van der Waals surface area contributed by atoms with Gasteiger partial charge in [-0.3, -0.25) is 9.80 Å². The van der Waals surface area contributed by atoms with Crippen LogP contribution in [0.5, 0.6) is 0 Å². The number of benzene rings is 1. The van der Waals surface area contributed by atoms with Crippen LogP contribution in [0.2, 0.25) is 0 Å². The Morgan fingerprint density at radius 1 is 1.26 bits per heavy atom. The van der Waals surface area contributed by atoms with E-state index < -0.39 is 0 Å². The van der Waals surface area contributed by atoms with E-state index in [0.29, 0.717) is 6.04 Å². The summed E-state index contributed by atoms with van der Waals surface area (Å²) in [5, 5.41) is 0. The van der Waals surface area contributed by atoms with Crippen molar-refractivity contribution < 1.29 is 4.39 Å². The van der Waals surface area contributed by atoms with Gasteiger partial charge in [0.2, 0.25) is 0 Å². The van der Waals surface area contributed by atoms with Gasteiger partial charge in [-0.15, -0.1) is 0 Å². The maximum absolute atomic E-state index is 13.3. The largest absolute Gasteiger partial charge is 0.298 e. The summed E-state index contributed by atoms with van der Waals surface area (Å²) < 4.78 is 13.3. The lowest BCUT2D eigenvalue weighted by atomic mass is 9.97. The minimum Gasteiger partial charge on any atom is -0.298 e. The third-order valence-electron chi connectivity index (χ3n) is 4.59. The molecule has 2 saturated heterocycles. The van der Waals surface area contributed by atoms with E-state index in [1.807, 2.05) is 12.1 Å². The topological polar surface area (TPSA) is 6.48 Å². The van der Waals surface area contributed by atoms with Crippen LogP contribution in [0.3, 0.4) is 0 Å². The molecular weight excluding hydrogens is 239 g/mol. The fourth-order valence-electron chi connectivity index (χ4n) is 3.50. The van der Waals surface area contributed by atoms with Crippen molar-refractivity contribution in [3.8, 4) is 0 Å². The van der Waals surface area contributed by atoms with Crippen molar-refractivity contribution in [3.63, 3.8) is 0 Å². The summed E-state index contributed by atoms with van der Waals surface area (Å²) in [4.78, 5) is 5.16. The van der Waals surface area contributed by atoms with Gasteiger partial charge in [-0.1, -0.05) is 18.6 Å². The van der Waals surface area contributed by atoms with Crippen LogP contribution in [0.4, 0.5) is 4.39 Å². The molecular formula is C16H23FN2. The molecule has 19 heavy (non-hydrogen) atoms. The van der Waals surface area contributed by atoms with E-state index in [2.05, 4.69) is 16.7 Å². The summed E-state index contributed by atoms with van der Waals surface area (Å²) in [6.45, 7) is 6.74. The summed E-state index contributed by atoms with van der Waals surface area (Å²) in [7, 11) is 0. The van der Waals surface area contributed by atoms with Crippen molar-refractivity contribution in [2.45, 2.75) is 44.8 Å². The Bertz CT molecular complexity index is 435. The fourth-order valence-corrected chi connectivity index (χ4v) is 3.50. The molecule has 104 valence electrons. The number of hydrogen-bond acceptors (Lipinski definition) is 2. The Kier molecular flexibility index (Phi) is 3.85. The smallest absolute Gasteiger partial charge is 0.123 e. The molecule has 0 radical (unpaired) electrons. The van der Waals surface area contributed by atoms with E-state index >= 15 is 0 Å². The maximum atomic E-state index is 13.3. The van der Waals surface area contributed by atoms with Crippen LogP contribution in [-0.2, 0) is 6.54 Å². The summed E-state index contributed by atoms with van der Waals surface area (Å²) >= 11 is 0. The van der Waals surface area contributed by atoms with Crippen LogP contribution in [0, 0.1) is 5.82 Å². The molecule has 0 bridgehead atoms. The third kappa shape index (κ3) is 2.98. The highest BCUT2D eigenvalue weighted by Gasteiger charge is 2.32. The zero-order valence-corrected chi connectivity index (χ0v) is 11.7. The highest BCUT2D eigenvalue weighted by molar-refractivity contribution is 5.16. The van der Waals surface area contributed by atoms with Crippen molar-refractivity contribution in [2.75, 3.05) is 19.6 Å². The zero-order chi connectivity index (χ0) is 13.2. The van der Waals surface area contributed by atoms with Crippen LogP contribution in [0.25, 0.3) is 0 Å². The summed E-state index contributed by atoms with van der Waals surface area (Å²) in [5.41, 5.74) is 1.09. The summed E-state index contributed by atoms with van der Waals surface area (Å²) in [5.74, 6) is -0.124. The fraction of sp³-hybridized carbons (Fsp3) is 0.625. The molecule has 2 aliphatic heterocycles. The van der Waals surface area contributed by atoms with E-state index in [0.717, 1.165) is 24.7 Å². The van der Waals surface area contributed by atoms with Gasteiger partial charge in [0.15, 0.2) is 0 Å². The van der Waals surface area contributed by atoms with E-state index in [9.17, 15) is 4.39 Å². The van der Waals surface area contributed by atoms with Crippen LogP contribution in [0.1, 0.15) is 31.7 Å². The number of piperidine rings is 1. The summed E-state index contributed by atoms with van der Waals surface area (Å²) in [6.07, 6.45) is 4.04. The van der Waals surface area contributed by atoms with Gasteiger partial charge in [0.05, 0.1) is 0 Å². The lowest BCUT2D eigenvalue weighted by molar-refractivity contribution is 0.0110. The first-order valence-corrected chi connectivity index (χ1v) is 7.45. The second kappa shape index (κ2) is 5.59. The van der Waals surface area contributed by atoms with E-state index in [1.165, 1.54) is 38.4 Å². The average Bonchev–Trinajstić information content (AvgIpc) is 2.40. The number of piperazine rings is 1. The SMILES string of the molecule is C[C@@H]1CN2CCCC[C@H]2CN1Cc1cccc(F)c1. The molecule has 2 nitrogen and oxygen atoms in total. The van der Waals surface area contributed by atoms with Gasteiger partial charge in [-0.25, -0.2) is 4.39 Å². The van der Waals surface area contributed by atoms with E-state index in [-0.39, 0.29) is 5.82 Å². The highest BCUT2D eigenvalue weighted by Crippen LogP contribution is 2.25. The molecule has 0 aromatic heterocycles. The van der Waals surface area contributed by atoms with Crippen LogP contribution >= 0.6 is 0 Å². The molecule has 1 aromatic carbocycles. The minimum atomic E-state index is -0.124. The second-order valence-corrected chi connectivity index (χ2v) is 6.05. The predicted octanol–water partition coefficient (Wildman–Crippen LogP) is 2.88. The molecule has 3 heteroatoms. The van der Waals surface area contributed by atoms with Crippen molar-refractivity contribution in [1.82, 2.24) is 9.80 Å². The minimum absolute atomic E-state index is 0.124. The number of rotatable bonds is 2. The van der Waals surface area contributed by atoms with E-state index in [1.54, 1.807) is 6.07 Å². The molecule has 2 heterocycles. The van der Waals surface area contributed by atoms with E-state index in [4.69, 9.17) is 0 Å². The highest BCUT2D eigenvalue weighted by atomic mass is 19.1. The Labute approximate surface area is 115 Å². The number of nitrogens with zero attached hydrogens (tertiary/aromatic N) is 2. The molecule has 1 aromatic rings. The predicted molar refractivity (Wildman–Crippen MR) is 75.5 cm³/mol. The first-order chi connectivity index (χ1) is 9.22. The second-order valence-electron chi connectivity index (χ2n) is 6.05. The Balaban J connectivity index is 1.67. The molecule has 0 amide bonds. The molecule has 0 unspecified atom stereocenters. The lowest BCUT2D eigenvalue weighted by Crippen LogP contribution is -2.58. The maximum Gasteiger partial charge on any atom is 0.123 e. The standard InChI is InChI=1S/C16H23FN2/c1-13-10-18-8-3-2-7-16(18)12-19(13)11-14-5-4-6-15(17)9-14/h4-6,9,13,16H,2-3,7-8,10-12H2,1H3/t13-,16+/m1/s1. The van der Waals surface area contributed by atoms with Gasteiger partial charge >= 0.3 is 0 Å². The van der Waals surface area contributed by atoms with Crippen molar-refractivity contribution in [1.29, 1.82) is 0 Å². The van der Waals surface area contributed by atoms with Gasteiger partial charge in [0, 0.05) is 31.7 Å². The zero-order valence-electron chi connectivity index (χ0n) is 11.7. The lowest BCUT2D eigenvalue weighted by Gasteiger charge is -2.47. The van der Waals surface area contributed by atoms with Crippen LogP contribution in [0.15, 0.2) is 24.3 Å². The van der Waals surface area contributed by atoms with Gasteiger partial charge in [0.25, 0.3) is 0 Å². The van der Waals surface area contributed by atoms with Crippen molar-refractivity contribution in [2.24, 2.45) is 0 Å². The molecule has 2 fully saturated rings. The quantitative estimate of drug-likeness (QED) is 0.808. The first-order valence-electron chi connectivity index (χ1n) is 7.45. The van der Waals surface area contributed by atoms with Gasteiger partial charge in [-0.05, 0) is 44.0 Å². The number of fused-ring (bicyclic) bond motifs is 1. The van der Waals surface area contributed by atoms with Gasteiger partial charge in [0.1, 0.15) is 5.82 Å². The molecule has 2 atom stereocenters. The third-order valence-corrected chi connectivity index (χ3v) is 4.59. The van der Waals surface area contributed by atoms with Crippen LogP contribution in [-0.4, -0.2) is 41.5 Å². The molecule has 0 aliphatic carbocycles. The van der Waals surface area contributed by atoms with Gasteiger partial charge < -0.3 is 0 Å². The normalized spacial score (nSPS) is 29.2. The molecule has 0 spiro atoms. The summed E-state index contributed by atoms with van der Waals surface area (Å²) in [6, 6.07) is 8.32. The average molecular weight is 262 g/mol. The Morgan fingerprint density at radius 3 is 3.00 bits per heavy atom. The first kappa shape index (κ1) is 13.1. The van der Waals surface area contributed by atoms with Gasteiger partial charge in [-0.2, -0.15) is 0 Å². The molecule has 2 aliphatic rings. The number of halogens is 1.